The third kappa shape index (κ3) is 2.64. The fraction of sp³-hybridized carbons (Fsp3) is 0. The number of hydrogen-bond acceptors (Lipinski definition) is 4. The molecule has 3 rings (SSSR count). The van der Waals surface area contributed by atoms with E-state index in [1.165, 1.54) is 18.2 Å². The van der Waals surface area contributed by atoms with Crippen LogP contribution in [0, 0.1) is 10.1 Å². The van der Waals surface area contributed by atoms with Crippen molar-refractivity contribution in [3.8, 4) is 11.5 Å². The Morgan fingerprint density at radius 2 is 1.86 bits per heavy atom. The van der Waals surface area contributed by atoms with Crippen molar-refractivity contribution < 1.29 is 9.66 Å². The highest BCUT2D eigenvalue weighted by molar-refractivity contribution is 6.30. The first-order valence-electron chi connectivity index (χ1n) is 6.28. The lowest BCUT2D eigenvalue weighted by Gasteiger charge is -2.08. The molecule has 1 heterocycles. The molecule has 6 nitrogen and oxygen atoms in total. The van der Waals surface area contributed by atoms with Gasteiger partial charge in [-0.2, -0.15) is 0 Å². The Kier molecular flexibility index (Phi) is 3.52. The first-order chi connectivity index (χ1) is 10.5. The molecule has 110 valence electrons. The van der Waals surface area contributed by atoms with Crippen LogP contribution in [0.2, 0.25) is 5.02 Å². The molecule has 0 aliphatic heterocycles. The van der Waals surface area contributed by atoms with Gasteiger partial charge in [0.1, 0.15) is 17.0 Å². The molecule has 0 unspecified atom stereocenters. The molecule has 0 bridgehead atoms. The molecule has 3 aromatic rings. The van der Waals surface area contributed by atoms with Crippen LogP contribution in [0.25, 0.3) is 10.9 Å². The maximum absolute atomic E-state index is 11.7. The molecular weight excluding hydrogens is 308 g/mol. The average molecular weight is 317 g/mol. The molecule has 2 aromatic carbocycles. The van der Waals surface area contributed by atoms with E-state index in [-0.39, 0.29) is 17.0 Å². The van der Waals surface area contributed by atoms with Crippen LogP contribution in [0.4, 0.5) is 5.69 Å². The molecular formula is C15H9ClN2O4. The predicted molar refractivity (Wildman–Crippen MR) is 82.7 cm³/mol. The van der Waals surface area contributed by atoms with Crippen molar-refractivity contribution in [3.63, 3.8) is 0 Å². The number of nitrogens with one attached hydrogen (secondary N) is 1. The number of H-pyrrole nitrogens is 1. The summed E-state index contributed by atoms with van der Waals surface area (Å²) < 4.78 is 5.66. The molecule has 0 aliphatic rings. The van der Waals surface area contributed by atoms with Crippen LogP contribution in [-0.4, -0.2) is 9.91 Å². The van der Waals surface area contributed by atoms with Crippen molar-refractivity contribution in [2.45, 2.75) is 0 Å². The van der Waals surface area contributed by atoms with E-state index in [4.69, 9.17) is 16.3 Å². The summed E-state index contributed by atoms with van der Waals surface area (Å²) in [6, 6.07) is 12.3. The Balaban J connectivity index is 2.17. The summed E-state index contributed by atoms with van der Waals surface area (Å²) in [7, 11) is 0. The summed E-state index contributed by atoms with van der Waals surface area (Å²) in [6.07, 6.45) is 0. The van der Waals surface area contributed by atoms with E-state index in [1.54, 1.807) is 30.3 Å². The summed E-state index contributed by atoms with van der Waals surface area (Å²) in [5, 5.41) is 12.1. The minimum absolute atomic E-state index is 0.129. The average Bonchev–Trinajstić information content (AvgIpc) is 2.48. The maximum Gasteiger partial charge on any atom is 0.293 e. The van der Waals surface area contributed by atoms with Gasteiger partial charge in [-0.05, 0) is 30.3 Å². The van der Waals surface area contributed by atoms with Gasteiger partial charge in [0.2, 0.25) is 0 Å². The number of aromatic nitrogens is 1. The molecule has 0 amide bonds. The lowest BCUT2D eigenvalue weighted by atomic mass is 10.2. The van der Waals surface area contributed by atoms with Gasteiger partial charge in [-0.25, -0.2) is 0 Å². The second-order valence-corrected chi connectivity index (χ2v) is 4.95. The molecule has 0 saturated carbocycles. The fourth-order valence-corrected chi connectivity index (χ4v) is 2.23. The van der Waals surface area contributed by atoms with Crippen molar-refractivity contribution in [1.29, 1.82) is 0 Å². The van der Waals surface area contributed by atoms with Crippen LogP contribution in [0.15, 0.2) is 53.3 Å². The highest BCUT2D eigenvalue weighted by Crippen LogP contribution is 2.32. The van der Waals surface area contributed by atoms with Gasteiger partial charge in [0.25, 0.3) is 11.2 Å². The second-order valence-electron chi connectivity index (χ2n) is 4.51. The minimum atomic E-state index is -0.551. The van der Waals surface area contributed by atoms with Crippen molar-refractivity contribution in [3.05, 3.63) is 74.0 Å². The van der Waals surface area contributed by atoms with Gasteiger partial charge in [-0.15, -0.1) is 0 Å². The number of nitro benzene ring substituents is 1. The number of ether oxygens (including phenoxy) is 1. The number of nitro groups is 1. The Labute approximate surface area is 129 Å². The van der Waals surface area contributed by atoms with Crippen LogP contribution in [0.5, 0.6) is 11.5 Å². The third-order valence-electron chi connectivity index (χ3n) is 3.06. The number of fused-ring (bicyclic) bond motifs is 1. The van der Waals surface area contributed by atoms with E-state index in [9.17, 15) is 14.9 Å². The van der Waals surface area contributed by atoms with Crippen LogP contribution in [0.3, 0.4) is 0 Å². The SMILES string of the molecule is O=c1cc(Oc2ccc(Cl)cc2)c2cccc([N+](=O)[O-])c2[nH]1. The van der Waals surface area contributed by atoms with Crippen LogP contribution in [-0.2, 0) is 0 Å². The smallest absolute Gasteiger partial charge is 0.293 e. The molecule has 0 radical (unpaired) electrons. The molecule has 22 heavy (non-hydrogen) atoms. The third-order valence-corrected chi connectivity index (χ3v) is 3.31. The zero-order valence-corrected chi connectivity index (χ0v) is 11.8. The number of pyridine rings is 1. The van der Waals surface area contributed by atoms with Crippen molar-refractivity contribution in [2.24, 2.45) is 0 Å². The Bertz CT molecular complexity index is 919. The van der Waals surface area contributed by atoms with E-state index < -0.39 is 10.5 Å². The molecule has 0 saturated heterocycles. The predicted octanol–water partition coefficient (Wildman–Crippen LogP) is 3.88. The van der Waals surface area contributed by atoms with E-state index in [0.29, 0.717) is 16.2 Å². The summed E-state index contributed by atoms with van der Waals surface area (Å²) in [4.78, 5) is 24.7. The molecule has 0 spiro atoms. The quantitative estimate of drug-likeness (QED) is 0.587. The Hall–Kier alpha value is -2.86. The summed E-state index contributed by atoms with van der Waals surface area (Å²) in [5.41, 5.74) is -0.536. The number of halogens is 1. The van der Waals surface area contributed by atoms with Gasteiger partial charge in [0.05, 0.1) is 4.92 Å². The zero-order chi connectivity index (χ0) is 15.7. The molecule has 1 N–H and O–H groups in total. The van der Waals surface area contributed by atoms with Crippen molar-refractivity contribution in [1.82, 2.24) is 4.98 Å². The lowest BCUT2D eigenvalue weighted by molar-refractivity contribution is -0.383. The Morgan fingerprint density at radius 1 is 1.14 bits per heavy atom. The summed E-state index contributed by atoms with van der Waals surface area (Å²) >= 11 is 5.81. The monoisotopic (exact) mass is 316 g/mol. The standard InChI is InChI=1S/C15H9ClN2O4/c16-9-4-6-10(7-5-9)22-13-8-14(19)17-15-11(13)2-1-3-12(15)18(20)21/h1-8H,(H,17,19). The van der Waals surface area contributed by atoms with Crippen LogP contribution in [0.1, 0.15) is 0 Å². The van der Waals surface area contributed by atoms with E-state index in [1.807, 2.05) is 0 Å². The van der Waals surface area contributed by atoms with Crippen LogP contribution < -0.4 is 10.3 Å². The molecule has 7 heteroatoms. The fourth-order valence-electron chi connectivity index (χ4n) is 2.10. The van der Waals surface area contributed by atoms with E-state index in [2.05, 4.69) is 4.98 Å². The molecule has 0 atom stereocenters. The molecule has 1 aromatic heterocycles. The van der Waals surface area contributed by atoms with Gasteiger partial charge < -0.3 is 9.72 Å². The van der Waals surface area contributed by atoms with E-state index >= 15 is 0 Å². The van der Waals surface area contributed by atoms with Crippen molar-refractivity contribution >= 4 is 28.2 Å². The maximum atomic E-state index is 11.7. The zero-order valence-electron chi connectivity index (χ0n) is 11.1. The van der Waals surface area contributed by atoms with Gasteiger partial charge in [-0.3, -0.25) is 14.9 Å². The van der Waals surface area contributed by atoms with Gasteiger partial charge in [0.15, 0.2) is 0 Å². The molecule has 0 aliphatic carbocycles. The first kappa shape index (κ1) is 14.1. The number of nitrogens with zero attached hydrogens (tertiary/aromatic N) is 1. The highest BCUT2D eigenvalue weighted by Gasteiger charge is 2.15. The largest absolute Gasteiger partial charge is 0.456 e. The number of para-hydroxylation sites is 1. The summed E-state index contributed by atoms with van der Waals surface area (Å²) in [5.74, 6) is 0.715. The lowest BCUT2D eigenvalue weighted by Crippen LogP contribution is -2.06. The number of non-ortho nitro benzene ring substituents is 1. The topological polar surface area (TPSA) is 85.2 Å². The normalized spacial score (nSPS) is 10.6. The van der Waals surface area contributed by atoms with Crippen molar-refractivity contribution in [2.75, 3.05) is 0 Å². The van der Waals surface area contributed by atoms with Gasteiger partial charge >= 0.3 is 0 Å². The number of benzene rings is 2. The van der Waals surface area contributed by atoms with Gasteiger partial charge in [-0.1, -0.05) is 17.7 Å². The second kappa shape index (κ2) is 5.50. The summed E-state index contributed by atoms with van der Waals surface area (Å²) in [6.45, 7) is 0. The first-order valence-corrected chi connectivity index (χ1v) is 6.66. The highest BCUT2D eigenvalue weighted by atomic mass is 35.5. The minimum Gasteiger partial charge on any atom is -0.456 e. The number of rotatable bonds is 3. The number of aromatic amines is 1. The number of hydrogen-bond donors (Lipinski definition) is 1. The van der Waals surface area contributed by atoms with Crippen LogP contribution >= 0.6 is 11.6 Å². The molecule has 0 fully saturated rings. The Morgan fingerprint density at radius 3 is 2.55 bits per heavy atom. The van der Waals surface area contributed by atoms with E-state index in [0.717, 1.165) is 0 Å². The van der Waals surface area contributed by atoms with Gasteiger partial charge in [0, 0.05) is 22.5 Å².